The first-order valence-corrected chi connectivity index (χ1v) is 8.07. The van der Waals surface area contributed by atoms with Crippen molar-refractivity contribution in [1.29, 1.82) is 0 Å². The van der Waals surface area contributed by atoms with E-state index in [-0.39, 0.29) is 5.75 Å². The summed E-state index contributed by atoms with van der Waals surface area (Å²) in [7, 11) is 1.62. The van der Waals surface area contributed by atoms with Crippen LogP contribution in [0.25, 0.3) is 17.4 Å². The average Bonchev–Trinajstić information content (AvgIpc) is 2.97. The zero-order valence-corrected chi connectivity index (χ0v) is 13.6. The Kier molecular flexibility index (Phi) is 4.21. The molecule has 5 heteroatoms. The molecule has 0 bridgehead atoms. The Balaban J connectivity index is 2.27. The number of aromatic hydroxyl groups is 1. The van der Waals surface area contributed by atoms with Gasteiger partial charge in [0.2, 0.25) is 0 Å². The molecular formula is C18H16O4S. The van der Waals surface area contributed by atoms with E-state index in [1.807, 2.05) is 17.5 Å². The number of hydrogen-bond donors (Lipinski definition) is 1. The quantitative estimate of drug-likeness (QED) is 0.686. The molecule has 2 aromatic rings. The number of hydrogen-bond acceptors (Lipinski definition) is 5. The lowest BCUT2D eigenvalue weighted by Crippen LogP contribution is -2.02. The smallest absolute Gasteiger partial charge is 0.331 e. The second-order valence-corrected chi connectivity index (χ2v) is 5.87. The van der Waals surface area contributed by atoms with Gasteiger partial charge in [-0.3, -0.25) is 0 Å². The summed E-state index contributed by atoms with van der Waals surface area (Å²) < 4.78 is 10.6. The molecule has 4 nitrogen and oxygen atoms in total. The highest BCUT2D eigenvalue weighted by Crippen LogP contribution is 2.41. The Morgan fingerprint density at radius 1 is 1.30 bits per heavy atom. The van der Waals surface area contributed by atoms with Crippen LogP contribution in [0.3, 0.4) is 0 Å². The first-order chi connectivity index (χ1) is 11.1. The van der Waals surface area contributed by atoms with Crippen LogP contribution in [0.2, 0.25) is 0 Å². The van der Waals surface area contributed by atoms with E-state index in [0.29, 0.717) is 12.2 Å². The van der Waals surface area contributed by atoms with Crippen LogP contribution in [-0.2, 0) is 14.3 Å². The third kappa shape index (κ3) is 2.87. The molecule has 0 unspecified atom stereocenters. The predicted octanol–water partition coefficient (Wildman–Crippen LogP) is 3.91. The number of phenols is 1. The largest absolute Gasteiger partial charge is 0.508 e. The highest BCUT2D eigenvalue weighted by atomic mass is 32.1. The number of benzene rings is 1. The molecule has 0 radical (unpaired) electrons. The van der Waals surface area contributed by atoms with Crippen LogP contribution in [0.5, 0.6) is 5.75 Å². The highest BCUT2D eigenvalue weighted by molar-refractivity contribution is 7.11. The third-order valence-electron chi connectivity index (χ3n) is 3.56. The zero-order valence-electron chi connectivity index (χ0n) is 12.8. The third-order valence-corrected chi connectivity index (χ3v) is 4.49. The summed E-state index contributed by atoms with van der Waals surface area (Å²) in [6, 6.07) is 7.01. The lowest BCUT2D eigenvalue weighted by Gasteiger charge is -2.10. The van der Waals surface area contributed by atoms with E-state index in [2.05, 4.69) is 0 Å². The van der Waals surface area contributed by atoms with Crippen molar-refractivity contribution in [3.63, 3.8) is 0 Å². The normalized spacial score (nSPS) is 14.5. The molecule has 0 saturated heterocycles. The summed E-state index contributed by atoms with van der Waals surface area (Å²) in [5, 5.41) is 11.8. The first-order valence-electron chi connectivity index (χ1n) is 7.19. The molecule has 1 aromatic heterocycles. The van der Waals surface area contributed by atoms with E-state index in [1.165, 1.54) is 6.08 Å². The van der Waals surface area contributed by atoms with Gasteiger partial charge >= 0.3 is 5.97 Å². The summed E-state index contributed by atoms with van der Waals surface area (Å²) in [5.41, 5.74) is 3.25. The van der Waals surface area contributed by atoms with E-state index in [4.69, 9.17) is 9.47 Å². The van der Waals surface area contributed by atoms with Crippen LogP contribution in [0.1, 0.15) is 28.5 Å². The van der Waals surface area contributed by atoms with Crippen molar-refractivity contribution in [2.75, 3.05) is 13.7 Å². The fourth-order valence-electron chi connectivity index (χ4n) is 2.58. The number of esters is 1. The molecule has 118 valence electrons. The van der Waals surface area contributed by atoms with Crippen molar-refractivity contribution in [3.05, 3.63) is 57.3 Å². The van der Waals surface area contributed by atoms with Crippen molar-refractivity contribution < 1.29 is 19.4 Å². The number of methoxy groups -OCH3 is 1. The summed E-state index contributed by atoms with van der Waals surface area (Å²) >= 11 is 1.54. The number of carbonyl (C=O) groups is 1. The monoisotopic (exact) mass is 328 g/mol. The molecule has 1 aromatic carbocycles. The number of ether oxygens (including phenoxy) is 2. The molecule has 0 amide bonds. The second-order valence-electron chi connectivity index (χ2n) is 4.96. The van der Waals surface area contributed by atoms with E-state index in [1.54, 1.807) is 43.6 Å². The van der Waals surface area contributed by atoms with E-state index < -0.39 is 5.97 Å². The molecule has 23 heavy (non-hydrogen) atoms. The molecule has 1 aliphatic rings. The molecule has 1 heterocycles. The number of carbonyl (C=O) groups excluding carboxylic acids is 1. The minimum Gasteiger partial charge on any atom is -0.508 e. The molecule has 1 N–H and O–H groups in total. The van der Waals surface area contributed by atoms with Gasteiger partial charge in [-0.1, -0.05) is 6.07 Å². The zero-order chi connectivity index (χ0) is 16.4. The highest BCUT2D eigenvalue weighted by Gasteiger charge is 2.22. The maximum atomic E-state index is 12.0. The Bertz CT molecular complexity index is 814. The minimum atomic E-state index is -0.408. The molecule has 1 aliphatic carbocycles. The van der Waals surface area contributed by atoms with Gasteiger partial charge in [0.15, 0.2) is 0 Å². The fraction of sp³-hybridized carbons (Fsp3) is 0.167. The van der Waals surface area contributed by atoms with E-state index in [0.717, 1.165) is 27.3 Å². The van der Waals surface area contributed by atoms with Gasteiger partial charge in [-0.25, -0.2) is 4.79 Å². The molecule has 0 spiro atoms. The number of rotatable bonds is 3. The van der Waals surface area contributed by atoms with Crippen molar-refractivity contribution in [2.45, 2.75) is 6.92 Å². The number of thiophene rings is 1. The van der Waals surface area contributed by atoms with Gasteiger partial charge in [-0.2, -0.15) is 0 Å². The van der Waals surface area contributed by atoms with Gasteiger partial charge in [0.25, 0.3) is 0 Å². The van der Waals surface area contributed by atoms with Crippen LogP contribution < -0.4 is 0 Å². The Labute approximate surface area is 138 Å². The Hall–Kier alpha value is -2.53. The first kappa shape index (κ1) is 15.4. The van der Waals surface area contributed by atoms with Crippen molar-refractivity contribution in [3.8, 4) is 5.75 Å². The van der Waals surface area contributed by atoms with Gasteiger partial charge in [-0.15, -0.1) is 11.3 Å². The lowest BCUT2D eigenvalue weighted by atomic mass is 9.95. The van der Waals surface area contributed by atoms with E-state index >= 15 is 0 Å². The lowest BCUT2D eigenvalue weighted by molar-refractivity contribution is -0.137. The SMILES string of the molecule is CCOC(=O)/C=C1\c2cc(O)ccc2C=C(OC)c2sccc21. The second kappa shape index (κ2) is 6.30. The topological polar surface area (TPSA) is 55.8 Å². The minimum absolute atomic E-state index is 0.143. The summed E-state index contributed by atoms with van der Waals surface area (Å²) in [6.07, 6.45) is 3.38. The maximum Gasteiger partial charge on any atom is 0.331 e. The van der Waals surface area contributed by atoms with Crippen LogP contribution in [0.15, 0.2) is 35.7 Å². The maximum absolute atomic E-state index is 12.0. The van der Waals surface area contributed by atoms with Gasteiger partial charge in [0, 0.05) is 11.6 Å². The predicted molar refractivity (Wildman–Crippen MR) is 91.0 cm³/mol. The van der Waals surface area contributed by atoms with Crippen LogP contribution in [0.4, 0.5) is 0 Å². The molecule has 0 aliphatic heterocycles. The molecule has 0 atom stereocenters. The number of fused-ring (bicyclic) bond motifs is 2. The van der Waals surface area contributed by atoms with Crippen molar-refractivity contribution in [2.24, 2.45) is 0 Å². The fourth-order valence-corrected chi connectivity index (χ4v) is 3.48. The van der Waals surface area contributed by atoms with Crippen molar-refractivity contribution in [1.82, 2.24) is 0 Å². The summed E-state index contributed by atoms with van der Waals surface area (Å²) in [4.78, 5) is 12.9. The van der Waals surface area contributed by atoms with Crippen molar-refractivity contribution >= 4 is 34.7 Å². The average molecular weight is 328 g/mol. The van der Waals surface area contributed by atoms with Gasteiger partial charge < -0.3 is 14.6 Å². The Morgan fingerprint density at radius 2 is 2.13 bits per heavy atom. The molecule has 3 rings (SSSR count). The van der Waals surface area contributed by atoms with Crippen LogP contribution >= 0.6 is 11.3 Å². The molecular weight excluding hydrogens is 312 g/mol. The Morgan fingerprint density at radius 3 is 2.87 bits per heavy atom. The standard InChI is InChI=1S/C18H16O4S/c1-3-22-17(20)10-15-13-6-7-23-18(13)16(21-2)8-11-4-5-12(19)9-14(11)15/h4-10,19H,3H2,1-2H3/b15-10-. The summed E-state index contributed by atoms with van der Waals surface area (Å²) in [5.74, 6) is 0.466. The number of phenolic OH excluding ortho intramolecular Hbond substituents is 1. The molecule has 0 fully saturated rings. The summed E-state index contributed by atoms with van der Waals surface area (Å²) in [6.45, 7) is 2.08. The van der Waals surface area contributed by atoms with Gasteiger partial charge in [-0.05, 0) is 53.3 Å². The van der Waals surface area contributed by atoms with Gasteiger partial charge in [0.1, 0.15) is 11.5 Å². The van der Waals surface area contributed by atoms with Crippen LogP contribution in [-0.4, -0.2) is 24.8 Å². The van der Waals surface area contributed by atoms with Gasteiger partial charge in [0.05, 0.1) is 18.6 Å². The molecule has 0 saturated carbocycles. The van der Waals surface area contributed by atoms with E-state index in [9.17, 15) is 9.90 Å². The van der Waals surface area contributed by atoms with Crippen LogP contribution in [0, 0.1) is 0 Å².